The zero-order chi connectivity index (χ0) is 18.5. The van der Waals surface area contributed by atoms with Crippen LogP contribution in [0.5, 0.6) is 5.75 Å². The molecule has 1 amide bonds. The van der Waals surface area contributed by atoms with Crippen LogP contribution in [0.3, 0.4) is 0 Å². The van der Waals surface area contributed by atoms with Gasteiger partial charge < -0.3 is 14.6 Å². The molecule has 0 unspecified atom stereocenters. The van der Waals surface area contributed by atoms with E-state index in [0.29, 0.717) is 17.8 Å². The van der Waals surface area contributed by atoms with E-state index in [1.165, 1.54) is 0 Å². The highest BCUT2D eigenvalue weighted by atomic mass is 16.5. The van der Waals surface area contributed by atoms with Gasteiger partial charge in [0.1, 0.15) is 11.4 Å². The van der Waals surface area contributed by atoms with Gasteiger partial charge in [-0.15, -0.1) is 0 Å². The molecule has 0 atom stereocenters. The van der Waals surface area contributed by atoms with E-state index in [9.17, 15) is 9.59 Å². The summed E-state index contributed by atoms with van der Waals surface area (Å²) in [5, 5.41) is 0. The number of likely N-dealkylation sites (tertiary alicyclic amines) is 1. The van der Waals surface area contributed by atoms with E-state index in [-0.39, 0.29) is 18.2 Å². The quantitative estimate of drug-likeness (QED) is 0.775. The van der Waals surface area contributed by atoms with Gasteiger partial charge in [0, 0.05) is 31.4 Å². The molecule has 6 heteroatoms. The lowest BCUT2D eigenvalue weighted by Gasteiger charge is -2.16. The Kier molecular flexibility index (Phi) is 5.73. The molecular formula is C20H25N3O3. The van der Waals surface area contributed by atoms with Gasteiger partial charge in [-0.2, -0.15) is 0 Å². The largest absolute Gasteiger partial charge is 0.497 e. The fourth-order valence-electron chi connectivity index (χ4n) is 3.24. The van der Waals surface area contributed by atoms with Gasteiger partial charge in [0.25, 0.3) is 5.91 Å². The third kappa shape index (κ3) is 4.32. The van der Waals surface area contributed by atoms with Crippen molar-refractivity contribution in [2.75, 3.05) is 33.8 Å². The molecule has 1 aliphatic heterocycles. The Morgan fingerprint density at radius 1 is 1.23 bits per heavy atom. The number of rotatable bonds is 7. The van der Waals surface area contributed by atoms with Crippen LogP contribution in [0.2, 0.25) is 0 Å². The lowest BCUT2D eigenvalue weighted by molar-refractivity contribution is 0.0787. The second kappa shape index (κ2) is 8.19. The van der Waals surface area contributed by atoms with Crippen LogP contribution in [0, 0.1) is 0 Å². The van der Waals surface area contributed by atoms with Gasteiger partial charge in [0.15, 0.2) is 5.78 Å². The van der Waals surface area contributed by atoms with Crippen LogP contribution in [0.1, 0.15) is 39.3 Å². The summed E-state index contributed by atoms with van der Waals surface area (Å²) < 4.78 is 5.23. The van der Waals surface area contributed by atoms with Crippen molar-refractivity contribution in [1.29, 1.82) is 0 Å². The molecular weight excluding hydrogens is 330 g/mol. The first kappa shape index (κ1) is 18.2. The minimum Gasteiger partial charge on any atom is -0.497 e. The van der Waals surface area contributed by atoms with Gasteiger partial charge in [0.2, 0.25) is 0 Å². The Morgan fingerprint density at radius 3 is 2.73 bits per heavy atom. The number of hydrogen-bond donors (Lipinski definition) is 1. The van der Waals surface area contributed by atoms with Gasteiger partial charge in [-0.25, -0.2) is 0 Å². The molecule has 3 rings (SSSR count). The van der Waals surface area contributed by atoms with Crippen molar-refractivity contribution in [3.05, 3.63) is 53.3 Å². The van der Waals surface area contributed by atoms with Crippen LogP contribution in [0.15, 0.2) is 36.5 Å². The maximum Gasteiger partial charge on any atom is 0.270 e. The number of aromatic amines is 1. The number of Topliss-reactive ketones (excluding diaryl/α,β-unsaturated/α-hetero) is 1. The van der Waals surface area contributed by atoms with Gasteiger partial charge in [-0.3, -0.25) is 14.5 Å². The molecule has 0 spiro atoms. The first-order valence-electron chi connectivity index (χ1n) is 8.89. The maximum atomic E-state index is 12.5. The molecule has 0 radical (unpaired) electrons. The minimum atomic E-state index is -0.0220. The average molecular weight is 355 g/mol. The Labute approximate surface area is 153 Å². The molecule has 138 valence electrons. The standard InChI is InChI=1S/C20H25N3O3/c1-22(13-15-6-5-7-17(10-15)26-2)14-19(24)16-11-18(21-12-16)20(25)23-8-3-4-9-23/h5-7,10-12,21H,3-4,8-9,13-14H2,1-2H3. The van der Waals surface area contributed by atoms with Gasteiger partial charge >= 0.3 is 0 Å². The molecule has 1 saturated heterocycles. The highest BCUT2D eigenvalue weighted by Crippen LogP contribution is 2.15. The molecule has 26 heavy (non-hydrogen) atoms. The van der Waals surface area contributed by atoms with Crippen molar-refractivity contribution in [2.45, 2.75) is 19.4 Å². The lowest BCUT2D eigenvalue weighted by Crippen LogP contribution is -2.28. The summed E-state index contributed by atoms with van der Waals surface area (Å²) in [4.78, 5) is 31.6. The first-order valence-corrected chi connectivity index (χ1v) is 8.89. The molecule has 2 aromatic rings. The normalized spacial score (nSPS) is 14.0. The van der Waals surface area contributed by atoms with Crippen molar-refractivity contribution < 1.29 is 14.3 Å². The van der Waals surface area contributed by atoms with Crippen LogP contribution in [0.4, 0.5) is 0 Å². The second-order valence-corrected chi connectivity index (χ2v) is 6.75. The van der Waals surface area contributed by atoms with Crippen molar-refractivity contribution in [3.63, 3.8) is 0 Å². The molecule has 0 bridgehead atoms. The van der Waals surface area contributed by atoms with E-state index in [1.807, 2.05) is 41.1 Å². The van der Waals surface area contributed by atoms with E-state index in [4.69, 9.17) is 4.74 Å². The smallest absolute Gasteiger partial charge is 0.270 e. The molecule has 1 fully saturated rings. The van der Waals surface area contributed by atoms with Gasteiger partial charge in [-0.1, -0.05) is 12.1 Å². The summed E-state index contributed by atoms with van der Waals surface area (Å²) >= 11 is 0. The Bertz CT molecular complexity index is 778. The van der Waals surface area contributed by atoms with E-state index in [0.717, 1.165) is 37.2 Å². The molecule has 1 aliphatic rings. The van der Waals surface area contributed by atoms with E-state index < -0.39 is 0 Å². The predicted octanol–water partition coefficient (Wildman–Crippen LogP) is 2.57. The first-order chi connectivity index (χ1) is 12.6. The minimum absolute atomic E-state index is 0.00730. The molecule has 0 saturated carbocycles. The third-order valence-corrected chi connectivity index (χ3v) is 4.63. The highest BCUT2D eigenvalue weighted by molar-refractivity contribution is 6.01. The van der Waals surface area contributed by atoms with Crippen LogP contribution in [-0.4, -0.2) is 60.3 Å². The van der Waals surface area contributed by atoms with Gasteiger partial charge in [0.05, 0.1) is 13.7 Å². The topological polar surface area (TPSA) is 65.6 Å². The Hall–Kier alpha value is -2.60. The van der Waals surface area contributed by atoms with Gasteiger partial charge in [-0.05, 0) is 43.7 Å². The molecule has 1 N–H and O–H groups in total. The monoisotopic (exact) mass is 355 g/mol. The molecule has 2 heterocycles. The number of nitrogens with one attached hydrogen (secondary N) is 1. The summed E-state index contributed by atoms with van der Waals surface area (Å²) in [5.41, 5.74) is 2.12. The number of benzene rings is 1. The highest BCUT2D eigenvalue weighted by Gasteiger charge is 2.22. The Balaban J connectivity index is 1.58. The SMILES string of the molecule is COc1cccc(CN(C)CC(=O)c2c[nH]c(C(=O)N3CCCC3)c2)c1. The number of carbonyl (C=O) groups is 2. The average Bonchev–Trinajstić information content (AvgIpc) is 3.33. The number of carbonyl (C=O) groups excluding carboxylic acids is 2. The summed E-state index contributed by atoms with van der Waals surface area (Å²) in [7, 11) is 3.54. The van der Waals surface area contributed by atoms with Crippen LogP contribution in [0.25, 0.3) is 0 Å². The van der Waals surface area contributed by atoms with E-state index >= 15 is 0 Å². The number of amides is 1. The third-order valence-electron chi connectivity index (χ3n) is 4.63. The van der Waals surface area contributed by atoms with E-state index in [2.05, 4.69) is 4.98 Å². The number of H-pyrrole nitrogens is 1. The number of hydrogen-bond acceptors (Lipinski definition) is 4. The van der Waals surface area contributed by atoms with Crippen LogP contribution in [-0.2, 0) is 6.54 Å². The zero-order valence-corrected chi connectivity index (χ0v) is 15.3. The molecule has 6 nitrogen and oxygen atoms in total. The Morgan fingerprint density at radius 2 is 2.00 bits per heavy atom. The summed E-state index contributed by atoms with van der Waals surface area (Å²) in [6.07, 6.45) is 3.73. The maximum absolute atomic E-state index is 12.5. The summed E-state index contributed by atoms with van der Waals surface area (Å²) in [6.45, 7) is 2.52. The second-order valence-electron chi connectivity index (χ2n) is 6.75. The molecule has 1 aromatic carbocycles. The predicted molar refractivity (Wildman–Crippen MR) is 99.6 cm³/mol. The molecule has 0 aliphatic carbocycles. The molecule has 1 aromatic heterocycles. The van der Waals surface area contributed by atoms with Crippen molar-refractivity contribution in [3.8, 4) is 5.75 Å². The lowest BCUT2D eigenvalue weighted by atomic mass is 10.1. The number of nitrogens with zero attached hydrogens (tertiary/aromatic N) is 2. The zero-order valence-electron chi connectivity index (χ0n) is 15.3. The summed E-state index contributed by atoms with van der Waals surface area (Å²) in [6, 6.07) is 9.47. The number of ether oxygens (including phenoxy) is 1. The van der Waals surface area contributed by atoms with Crippen LogP contribution >= 0.6 is 0 Å². The fourth-order valence-corrected chi connectivity index (χ4v) is 3.24. The van der Waals surface area contributed by atoms with Crippen molar-refractivity contribution >= 4 is 11.7 Å². The van der Waals surface area contributed by atoms with Crippen LogP contribution < -0.4 is 4.74 Å². The van der Waals surface area contributed by atoms with Crippen molar-refractivity contribution in [2.24, 2.45) is 0 Å². The number of ketones is 1. The summed E-state index contributed by atoms with van der Waals surface area (Å²) in [5.74, 6) is 0.774. The number of methoxy groups -OCH3 is 1. The van der Waals surface area contributed by atoms with Crippen molar-refractivity contribution in [1.82, 2.24) is 14.8 Å². The van der Waals surface area contributed by atoms with E-state index in [1.54, 1.807) is 19.4 Å². The number of aromatic nitrogens is 1. The fraction of sp³-hybridized carbons (Fsp3) is 0.400. The number of likely N-dealkylation sites (N-methyl/N-ethyl adjacent to an activating group) is 1.